The summed E-state index contributed by atoms with van der Waals surface area (Å²) in [5.41, 5.74) is 2.80. The minimum absolute atomic E-state index is 0.406. The van der Waals surface area contributed by atoms with E-state index in [1.165, 1.54) is 24.9 Å². The van der Waals surface area contributed by atoms with E-state index < -0.39 is 0 Å². The Kier molecular flexibility index (Phi) is 6.79. The van der Waals surface area contributed by atoms with Crippen LogP contribution in [-0.4, -0.2) is 47.9 Å². The van der Waals surface area contributed by atoms with Crippen LogP contribution in [0, 0.1) is 0 Å². The second-order valence-electron chi connectivity index (χ2n) is 6.74. The second kappa shape index (κ2) is 9.69. The van der Waals surface area contributed by atoms with Crippen LogP contribution in [0.2, 0.25) is 0 Å². The molecule has 0 spiro atoms. The minimum atomic E-state index is 0.406. The Labute approximate surface area is 187 Å². The Morgan fingerprint density at radius 3 is 2.28 bits per heavy atom. The number of fused-ring (bicyclic) bond motifs is 2. The molecule has 4 rings (SSSR count). The van der Waals surface area contributed by atoms with Gasteiger partial charge < -0.3 is 0 Å². The molecule has 0 aromatic heterocycles. The van der Waals surface area contributed by atoms with E-state index in [1.54, 1.807) is 0 Å². The van der Waals surface area contributed by atoms with Crippen LogP contribution in [-0.2, 0) is 0 Å². The Bertz CT molecular complexity index is 974. The normalized spacial score (nSPS) is 19.9. The summed E-state index contributed by atoms with van der Waals surface area (Å²) in [5, 5.41) is 0. The van der Waals surface area contributed by atoms with Crippen LogP contribution in [0.1, 0.15) is 13.8 Å². The van der Waals surface area contributed by atoms with Crippen molar-refractivity contribution >= 4 is 50.2 Å². The number of likely N-dealkylation sites (N-methyl/N-ethyl adjacent to an activating group) is 1. The van der Waals surface area contributed by atoms with Crippen molar-refractivity contribution in [1.82, 2.24) is 0 Å². The molecule has 2 aliphatic heterocycles. The first-order valence-electron chi connectivity index (χ1n) is 10.1. The number of hydrogen-bond donors (Lipinski definition) is 0. The summed E-state index contributed by atoms with van der Waals surface area (Å²) in [7, 11) is 0. The van der Waals surface area contributed by atoms with Gasteiger partial charge >= 0.3 is 188 Å². The van der Waals surface area contributed by atoms with E-state index in [4.69, 9.17) is 0 Å². The molecular formula is C25H26N2Se2. The Morgan fingerprint density at radius 2 is 1.48 bits per heavy atom. The van der Waals surface area contributed by atoms with Crippen molar-refractivity contribution in [2.45, 2.75) is 18.8 Å². The number of hydrogen-bond acceptors (Lipinski definition) is 2. The summed E-state index contributed by atoms with van der Waals surface area (Å²) in [4.78, 5) is 5.47. The topological polar surface area (TPSA) is 6.48 Å². The molecule has 2 heterocycles. The number of rotatable bonds is 6. The van der Waals surface area contributed by atoms with Gasteiger partial charge in [-0.25, -0.2) is 0 Å². The van der Waals surface area contributed by atoms with Crippen LogP contribution >= 0.6 is 0 Å². The molecule has 0 saturated carbocycles. The predicted octanol–water partition coefficient (Wildman–Crippen LogP) is 3.56. The van der Waals surface area contributed by atoms with Gasteiger partial charge in [0.1, 0.15) is 0 Å². The van der Waals surface area contributed by atoms with Gasteiger partial charge in [-0.05, 0) is 0 Å². The van der Waals surface area contributed by atoms with Gasteiger partial charge in [-0.1, -0.05) is 0 Å². The quantitative estimate of drug-likeness (QED) is 0.432. The van der Waals surface area contributed by atoms with Crippen LogP contribution in [0.4, 0.5) is 11.4 Å². The molecule has 4 heteroatoms. The van der Waals surface area contributed by atoms with E-state index in [0.717, 1.165) is 13.1 Å². The average Bonchev–Trinajstić information content (AvgIpc) is 3.29. The van der Waals surface area contributed by atoms with E-state index in [1.807, 2.05) is 0 Å². The van der Waals surface area contributed by atoms with Gasteiger partial charge in [0.25, 0.3) is 0 Å². The number of para-hydroxylation sites is 2. The van der Waals surface area contributed by atoms with Crippen LogP contribution in [0.5, 0.6) is 0 Å². The zero-order chi connectivity index (χ0) is 20.1. The molecule has 2 aromatic carbocycles. The number of benzene rings is 2. The van der Waals surface area contributed by atoms with Crippen LogP contribution in [0.25, 0.3) is 0 Å². The molecule has 0 fully saturated rings. The molecule has 148 valence electrons. The summed E-state index contributed by atoms with van der Waals surface area (Å²) in [6, 6.07) is 17.6. The van der Waals surface area contributed by atoms with Crippen molar-refractivity contribution in [1.29, 1.82) is 0 Å². The summed E-state index contributed by atoms with van der Waals surface area (Å²) < 4.78 is 4.44. The van der Waals surface area contributed by atoms with Crippen molar-refractivity contribution in [2.75, 3.05) is 22.9 Å². The van der Waals surface area contributed by atoms with Crippen LogP contribution < -0.4 is 18.7 Å². The maximum absolute atomic E-state index is 2.51. The van der Waals surface area contributed by atoms with Gasteiger partial charge in [-0.3, -0.25) is 0 Å². The molecule has 1 atom stereocenters. The SMILES string of the molecule is CCN1/C(=C/C=C/C=C/C=C/C2[Se]c3ccccc3N2CC)[Se]c2ccccc21. The predicted molar refractivity (Wildman–Crippen MR) is 129 cm³/mol. The monoisotopic (exact) mass is 514 g/mol. The van der Waals surface area contributed by atoms with Crippen molar-refractivity contribution in [3.63, 3.8) is 0 Å². The molecule has 0 saturated heterocycles. The van der Waals surface area contributed by atoms with E-state index in [-0.39, 0.29) is 0 Å². The van der Waals surface area contributed by atoms with E-state index in [2.05, 4.69) is 115 Å². The number of anilines is 2. The molecule has 0 amide bonds. The summed E-state index contributed by atoms with van der Waals surface area (Å²) in [5.74, 6) is 0. The van der Waals surface area contributed by atoms with Gasteiger partial charge in [0.15, 0.2) is 0 Å². The van der Waals surface area contributed by atoms with Crippen molar-refractivity contribution in [3.05, 3.63) is 95.7 Å². The molecule has 0 aliphatic carbocycles. The van der Waals surface area contributed by atoms with Gasteiger partial charge in [-0.2, -0.15) is 0 Å². The number of nitrogens with zero attached hydrogens (tertiary/aromatic N) is 2. The summed E-state index contributed by atoms with van der Waals surface area (Å²) in [6.07, 6.45) is 15.4. The third kappa shape index (κ3) is 4.47. The first kappa shape index (κ1) is 20.3. The van der Waals surface area contributed by atoms with Gasteiger partial charge in [0, 0.05) is 0 Å². The molecule has 2 nitrogen and oxygen atoms in total. The Morgan fingerprint density at radius 1 is 0.793 bits per heavy atom. The molecule has 0 N–H and O–H groups in total. The standard InChI is InChI=1S/C25H26N2Se2/c1-3-26-20-14-10-12-16-22(20)28-24(26)18-8-6-5-7-9-19-25-27(4-2)21-15-11-13-17-23(21)29-25/h5-19,24H,3-4H2,1-2H3/b6-5+,9-7+,18-8+,25-19-. The second-order valence-corrected chi connectivity index (χ2v) is 11.4. The zero-order valence-corrected chi connectivity index (χ0v) is 20.3. The van der Waals surface area contributed by atoms with Crippen LogP contribution in [0.3, 0.4) is 0 Å². The summed E-state index contributed by atoms with van der Waals surface area (Å²) >= 11 is 0.893. The molecule has 29 heavy (non-hydrogen) atoms. The molecule has 1 unspecified atom stereocenters. The third-order valence-corrected chi connectivity index (χ3v) is 9.98. The first-order chi connectivity index (χ1) is 14.3. The summed E-state index contributed by atoms with van der Waals surface area (Å²) in [6.45, 7) is 6.55. The van der Waals surface area contributed by atoms with E-state index in [0.29, 0.717) is 34.9 Å². The van der Waals surface area contributed by atoms with Crippen molar-refractivity contribution in [3.8, 4) is 0 Å². The average molecular weight is 512 g/mol. The molecule has 0 bridgehead atoms. The zero-order valence-electron chi connectivity index (χ0n) is 16.9. The van der Waals surface area contributed by atoms with Gasteiger partial charge in [0.05, 0.1) is 0 Å². The van der Waals surface area contributed by atoms with Gasteiger partial charge in [-0.15, -0.1) is 0 Å². The van der Waals surface area contributed by atoms with Crippen molar-refractivity contribution < 1.29 is 0 Å². The fraction of sp³-hybridized carbons (Fsp3) is 0.200. The van der Waals surface area contributed by atoms with Gasteiger partial charge in [0.2, 0.25) is 0 Å². The maximum atomic E-state index is 2.51. The molecule has 0 radical (unpaired) electrons. The van der Waals surface area contributed by atoms with E-state index in [9.17, 15) is 0 Å². The molecule has 2 aliphatic rings. The fourth-order valence-corrected chi connectivity index (χ4v) is 8.69. The fourth-order valence-electron chi connectivity index (χ4n) is 3.61. The van der Waals surface area contributed by atoms with E-state index >= 15 is 0 Å². The number of allylic oxidation sites excluding steroid dienone is 6. The molecular weight excluding hydrogens is 486 g/mol. The third-order valence-electron chi connectivity index (χ3n) is 4.98. The first-order valence-corrected chi connectivity index (χ1v) is 13.7. The molecule has 2 aromatic rings. The Hall–Kier alpha value is -1.96. The van der Waals surface area contributed by atoms with Crippen molar-refractivity contribution in [2.24, 2.45) is 0 Å². The Balaban J connectivity index is 1.34. The van der Waals surface area contributed by atoms with Crippen LogP contribution in [0.15, 0.2) is 95.7 Å².